The third kappa shape index (κ3) is 8.53. The molecule has 0 N–H and O–H groups in total. The second-order valence-electron chi connectivity index (χ2n) is 6.50. The quantitative estimate of drug-likeness (QED) is 0.161. The van der Waals surface area contributed by atoms with Crippen molar-refractivity contribution in [2.45, 2.75) is 65.7 Å². The Morgan fingerprint density at radius 2 is 1.36 bits per heavy atom. The van der Waals surface area contributed by atoms with Crippen molar-refractivity contribution in [1.82, 2.24) is 0 Å². The molecule has 0 saturated carbocycles. The van der Waals surface area contributed by atoms with E-state index in [1.807, 2.05) is 0 Å². The molecular formula is C18H36ClO2P. The summed E-state index contributed by atoms with van der Waals surface area (Å²) in [6, 6.07) is 0. The number of hydrogen-bond donors (Lipinski definition) is 0. The van der Waals surface area contributed by atoms with Gasteiger partial charge in [-0.3, -0.25) is 0 Å². The van der Waals surface area contributed by atoms with E-state index < -0.39 is 5.96 Å². The van der Waals surface area contributed by atoms with E-state index in [4.69, 9.17) is 16.0 Å². The molecule has 0 fully saturated rings. The summed E-state index contributed by atoms with van der Waals surface area (Å²) in [6.07, 6.45) is 14.0. The summed E-state index contributed by atoms with van der Waals surface area (Å²) >= 11 is 7.45. The standard InChI is InChI=1S/C18H36ClO2P/c1-5-9-14-22(19,15-10-6-2,16-11-7-3)17-12-13-21-18(20)8-4/h8H,4-7,9-17H2,1-3H3. The van der Waals surface area contributed by atoms with E-state index in [0.717, 1.165) is 12.6 Å². The molecule has 0 radical (unpaired) electrons. The molecule has 0 rings (SSSR count). The zero-order valence-electron chi connectivity index (χ0n) is 14.9. The van der Waals surface area contributed by atoms with Gasteiger partial charge in [0.1, 0.15) is 0 Å². The first kappa shape index (κ1) is 21.9. The number of unbranched alkanes of at least 4 members (excludes halogenated alkanes) is 3. The molecule has 132 valence electrons. The maximum atomic E-state index is 11.2. The minimum atomic E-state index is -2.17. The van der Waals surface area contributed by atoms with Crippen LogP contribution < -0.4 is 0 Å². The Kier molecular flexibility index (Phi) is 11.4. The summed E-state index contributed by atoms with van der Waals surface area (Å²) in [4.78, 5) is 11.2. The van der Waals surface area contributed by atoms with Gasteiger partial charge in [0, 0.05) is 0 Å². The van der Waals surface area contributed by atoms with Gasteiger partial charge in [-0.1, -0.05) is 0 Å². The van der Waals surface area contributed by atoms with Crippen LogP contribution in [0.25, 0.3) is 0 Å². The molecule has 0 atom stereocenters. The van der Waals surface area contributed by atoms with Gasteiger partial charge in [-0.25, -0.2) is 0 Å². The molecule has 0 aromatic carbocycles. The van der Waals surface area contributed by atoms with Crippen molar-refractivity contribution >= 4 is 23.2 Å². The van der Waals surface area contributed by atoms with Gasteiger partial charge in [-0.15, -0.1) is 0 Å². The van der Waals surface area contributed by atoms with E-state index in [-0.39, 0.29) is 5.97 Å². The number of carbonyl (C=O) groups is 1. The van der Waals surface area contributed by atoms with Gasteiger partial charge in [0.15, 0.2) is 0 Å². The van der Waals surface area contributed by atoms with E-state index in [1.165, 1.54) is 63.1 Å². The summed E-state index contributed by atoms with van der Waals surface area (Å²) < 4.78 is 5.15. The molecule has 0 heterocycles. The Morgan fingerprint density at radius 3 is 1.73 bits per heavy atom. The fraction of sp³-hybridized carbons (Fsp3) is 0.833. The number of carbonyl (C=O) groups excluding carboxylic acids is 1. The van der Waals surface area contributed by atoms with Gasteiger partial charge in [0.2, 0.25) is 0 Å². The molecular weight excluding hydrogens is 315 g/mol. The fourth-order valence-electron chi connectivity index (χ4n) is 3.02. The molecule has 0 saturated heterocycles. The number of rotatable bonds is 14. The van der Waals surface area contributed by atoms with Crippen molar-refractivity contribution in [3.63, 3.8) is 0 Å². The third-order valence-corrected chi connectivity index (χ3v) is 12.2. The average molecular weight is 351 g/mol. The topological polar surface area (TPSA) is 26.3 Å². The van der Waals surface area contributed by atoms with E-state index in [0.29, 0.717) is 6.61 Å². The van der Waals surface area contributed by atoms with Crippen molar-refractivity contribution in [3.8, 4) is 0 Å². The van der Waals surface area contributed by atoms with Gasteiger partial charge in [0.25, 0.3) is 0 Å². The summed E-state index contributed by atoms with van der Waals surface area (Å²) in [5, 5.41) is 0. The molecule has 22 heavy (non-hydrogen) atoms. The molecule has 2 nitrogen and oxygen atoms in total. The van der Waals surface area contributed by atoms with Crippen LogP contribution in [0.5, 0.6) is 0 Å². The van der Waals surface area contributed by atoms with Gasteiger partial charge in [-0.05, 0) is 0 Å². The van der Waals surface area contributed by atoms with E-state index in [9.17, 15) is 4.79 Å². The molecule has 0 spiro atoms. The minimum absolute atomic E-state index is 0.328. The van der Waals surface area contributed by atoms with E-state index in [2.05, 4.69) is 27.4 Å². The zero-order valence-corrected chi connectivity index (χ0v) is 16.6. The van der Waals surface area contributed by atoms with Gasteiger partial charge >= 0.3 is 142 Å². The summed E-state index contributed by atoms with van der Waals surface area (Å²) in [5.74, 6) is -2.50. The van der Waals surface area contributed by atoms with Crippen molar-refractivity contribution < 1.29 is 9.53 Å². The average Bonchev–Trinajstić information content (AvgIpc) is 2.54. The first-order chi connectivity index (χ1) is 10.4. The molecule has 0 aliphatic carbocycles. The van der Waals surface area contributed by atoms with Crippen molar-refractivity contribution in [2.24, 2.45) is 0 Å². The number of hydrogen-bond acceptors (Lipinski definition) is 2. The van der Waals surface area contributed by atoms with Crippen LogP contribution >= 0.6 is 17.2 Å². The first-order valence-corrected chi connectivity index (χ1v) is 12.8. The van der Waals surface area contributed by atoms with Crippen LogP contribution in [0, 0.1) is 0 Å². The van der Waals surface area contributed by atoms with Crippen LogP contribution in [0.2, 0.25) is 0 Å². The molecule has 0 unspecified atom stereocenters. The molecule has 4 heteroatoms. The SMILES string of the molecule is C=CC(=O)OCCCP(Cl)(CCCC)(CCCC)CCCC. The molecule has 0 aromatic rings. The van der Waals surface area contributed by atoms with E-state index in [1.54, 1.807) is 0 Å². The van der Waals surface area contributed by atoms with Gasteiger partial charge < -0.3 is 0 Å². The second kappa shape index (κ2) is 11.5. The van der Waals surface area contributed by atoms with Crippen molar-refractivity contribution in [3.05, 3.63) is 12.7 Å². The van der Waals surface area contributed by atoms with Crippen LogP contribution in [0.4, 0.5) is 0 Å². The monoisotopic (exact) mass is 350 g/mol. The van der Waals surface area contributed by atoms with E-state index >= 15 is 0 Å². The van der Waals surface area contributed by atoms with Crippen LogP contribution in [0.3, 0.4) is 0 Å². The maximum absolute atomic E-state index is 11.2. The Labute approximate surface area is 142 Å². The van der Waals surface area contributed by atoms with Gasteiger partial charge in [0.05, 0.1) is 0 Å². The number of esters is 1. The van der Waals surface area contributed by atoms with Crippen molar-refractivity contribution in [1.29, 1.82) is 0 Å². The van der Waals surface area contributed by atoms with Crippen LogP contribution in [0.1, 0.15) is 65.7 Å². The third-order valence-electron chi connectivity index (χ3n) is 4.48. The normalized spacial score (nSPS) is 13.4. The number of ether oxygens (including phenoxy) is 1. The molecule has 0 aliphatic heterocycles. The molecule has 0 bridgehead atoms. The molecule has 0 aliphatic rings. The predicted octanol–water partition coefficient (Wildman–Crippen LogP) is 6.21. The zero-order chi connectivity index (χ0) is 16.9. The Morgan fingerprint density at radius 1 is 0.955 bits per heavy atom. The first-order valence-electron chi connectivity index (χ1n) is 8.95. The molecule has 0 aromatic heterocycles. The number of halogens is 1. The Bertz CT molecular complexity index is 307. The summed E-state index contributed by atoms with van der Waals surface area (Å²) in [6.45, 7) is 10.6. The second-order valence-corrected chi connectivity index (χ2v) is 14.8. The van der Waals surface area contributed by atoms with Crippen LogP contribution in [-0.4, -0.2) is 37.2 Å². The van der Waals surface area contributed by atoms with Crippen LogP contribution in [-0.2, 0) is 9.53 Å². The molecule has 0 amide bonds. The predicted molar refractivity (Wildman–Crippen MR) is 103 cm³/mol. The van der Waals surface area contributed by atoms with Gasteiger partial charge in [-0.2, -0.15) is 0 Å². The summed E-state index contributed by atoms with van der Waals surface area (Å²) in [5.41, 5.74) is 0. The van der Waals surface area contributed by atoms with Crippen LogP contribution in [0.15, 0.2) is 12.7 Å². The fourth-order valence-corrected chi connectivity index (χ4v) is 10.0. The Hall–Kier alpha value is -0.0700. The van der Waals surface area contributed by atoms with Crippen molar-refractivity contribution in [2.75, 3.05) is 31.3 Å². The summed E-state index contributed by atoms with van der Waals surface area (Å²) in [7, 11) is 0. The Balaban J connectivity index is 4.82.